The van der Waals surface area contributed by atoms with Crippen molar-refractivity contribution >= 4 is 11.4 Å². The number of hydrogen-bond donors (Lipinski definition) is 1. The summed E-state index contributed by atoms with van der Waals surface area (Å²) < 4.78 is 5.41. The summed E-state index contributed by atoms with van der Waals surface area (Å²) in [5.41, 5.74) is 2.57. The lowest BCUT2D eigenvalue weighted by molar-refractivity contribution is 0.0960. The second-order valence-corrected chi connectivity index (χ2v) is 5.08. The standard InChI is InChI=1S/C15H24N2O2/c1-13-7-8-16(2)14-5-3-4-6-15(14)17(13)9-11-19-12-10-18/h3-6,13,18H,7-12H2,1-2H3. The van der Waals surface area contributed by atoms with Crippen LogP contribution >= 0.6 is 0 Å². The molecule has 1 atom stereocenters. The van der Waals surface area contributed by atoms with E-state index in [4.69, 9.17) is 9.84 Å². The lowest BCUT2D eigenvalue weighted by atomic mass is 10.2. The summed E-state index contributed by atoms with van der Waals surface area (Å²) in [5.74, 6) is 0. The molecule has 0 amide bonds. The van der Waals surface area contributed by atoms with E-state index in [1.54, 1.807) is 0 Å². The molecule has 0 fully saturated rings. The fourth-order valence-electron chi connectivity index (χ4n) is 2.59. The number of ether oxygens (including phenoxy) is 1. The van der Waals surface area contributed by atoms with Gasteiger partial charge in [-0.2, -0.15) is 0 Å². The fraction of sp³-hybridized carbons (Fsp3) is 0.600. The monoisotopic (exact) mass is 264 g/mol. The van der Waals surface area contributed by atoms with Crippen LogP contribution in [0.4, 0.5) is 11.4 Å². The maximum absolute atomic E-state index is 8.75. The second kappa shape index (κ2) is 6.78. The van der Waals surface area contributed by atoms with E-state index in [1.807, 2.05) is 0 Å². The van der Waals surface area contributed by atoms with Crippen LogP contribution in [0.15, 0.2) is 24.3 Å². The van der Waals surface area contributed by atoms with Crippen molar-refractivity contribution in [2.75, 3.05) is 49.8 Å². The summed E-state index contributed by atoms with van der Waals surface area (Å²) in [6, 6.07) is 9.04. The molecule has 1 heterocycles. The average molecular weight is 264 g/mol. The maximum atomic E-state index is 8.75. The molecule has 0 saturated carbocycles. The van der Waals surface area contributed by atoms with Crippen LogP contribution in [0, 0.1) is 0 Å². The van der Waals surface area contributed by atoms with Gasteiger partial charge in [0.2, 0.25) is 0 Å². The largest absolute Gasteiger partial charge is 0.394 e. The van der Waals surface area contributed by atoms with Crippen molar-refractivity contribution in [2.24, 2.45) is 0 Å². The zero-order chi connectivity index (χ0) is 13.7. The third kappa shape index (κ3) is 3.39. The van der Waals surface area contributed by atoms with E-state index in [2.05, 4.69) is 48.0 Å². The van der Waals surface area contributed by atoms with Crippen LogP contribution in [0.2, 0.25) is 0 Å². The van der Waals surface area contributed by atoms with Gasteiger partial charge in [-0.05, 0) is 25.5 Å². The summed E-state index contributed by atoms with van der Waals surface area (Å²) in [7, 11) is 2.15. The Morgan fingerprint density at radius 2 is 2.00 bits per heavy atom. The van der Waals surface area contributed by atoms with Gasteiger partial charge in [-0.25, -0.2) is 0 Å². The lowest BCUT2D eigenvalue weighted by Gasteiger charge is -2.30. The first-order valence-corrected chi connectivity index (χ1v) is 6.99. The Hall–Kier alpha value is -1.26. The van der Waals surface area contributed by atoms with E-state index < -0.39 is 0 Å². The molecule has 4 heteroatoms. The third-order valence-electron chi connectivity index (χ3n) is 3.73. The molecule has 0 bridgehead atoms. The minimum atomic E-state index is 0.0921. The van der Waals surface area contributed by atoms with Crippen molar-refractivity contribution in [3.05, 3.63) is 24.3 Å². The van der Waals surface area contributed by atoms with Crippen LogP contribution in [0.3, 0.4) is 0 Å². The van der Waals surface area contributed by atoms with Crippen LogP contribution < -0.4 is 9.80 Å². The fourth-order valence-corrected chi connectivity index (χ4v) is 2.59. The second-order valence-electron chi connectivity index (χ2n) is 5.08. The van der Waals surface area contributed by atoms with E-state index in [0.717, 1.165) is 19.5 Å². The van der Waals surface area contributed by atoms with E-state index in [9.17, 15) is 0 Å². The quantitative estimate of drug-likeness (QED) is 0.822. The molecular formula is C15H24N2O2. The highest BCUT2D eigenvalue weighted by molar-refractivity contribution is 5.72. The molecule has 1 aliphatic rings. The molecule has 0 aromatic heterocycles. The summed E-state index contributed by atoms with van der Waals surface area (Å²) in [5, 5.41) is 8.75. The van der Waals surface area contributed by atoms with Gasteiger partial charge in [0.25, 0.3) is 0 Å². The van der Waals surface area contributed by atoms with Gasteiger partial charge in [0.1, 0.15) is 0 Å². The van der Waals surface area contributed by atoms with Crippen LogP contribution in [0.1, 0.15) is 13.3 Å². The summed E-state index contributed by atoms with van der Waals surface area (Å²) >= 11 is 0. The van der Waals surface area contributed by atoms with Gasteiger partial charge in [-0.15, -0.1) is 0 Å². The van der Waals surface area contributed by atoms with E-state index in [1.165, 1.54) is 11.4 Å². The van der Waals surface area contributed by atoms with Crippen molar-refractivity contribution in [3.63, 3.8) is 0 Å². The van der Waals surface area contributed by atoms with Crippen molar-refractivity contribution in [2.45, 2.75) is 19.4 Å². The Morgan fingerprint density at radius 1 is 1.26 bits per heavy atom. The Morgan fingerprint density at radius 3 is 2.74 bits per heavy atom. The molecule has 1 aliphatic heterocycles. The smallest absolute Gasteiger partial charge is 0.0698 e. The molecule has 1 aromatic rings. The number of aliphatic hydroxyl groups excluding tert-OH is 1. The highest BCUT2D eigenvalue weighted by atomic mass is 16.5. The lowest BCUT2D eigenvalue weighted by Crippen LogP contribution is -2.35. The first-order valence-electron chi connectivity index (χ1n) is 6.99. The Bertz CT molecular complexity index is 397. The van der Waals surface area contributed by atoms with Crippen LogP contribution in [0.5, 0.6) is 0 Å². The molecule has 1 aromatic carbocycles. The van der Waals surface area contributed by atoms with Crippen LogP contribution in [-0.4, -0.2) is 51.1 Å². The maximum Gasteiger partial charge on any atom is 0.0698 e. The number of benzene rings is 1. The Balaban J connectivity index is 2.12. The predicted octanol–water partition coefficient (Wildman–Crippen LogP) is 1.73. The Labute approximate surface area is 115 Å². The minimum Gasteiger partial charge on any atom is -0.394 e. The average Bonchev–Trinajstić information content (AvgIpc) is 2.55. The SMILES string of the molecule is CC1CCN(C)c2ccccc2N1CCOCCO. The minimum absolute atomic E-state index is 0.0921. The van der Waals surface area contributed by atoms with Crippen molar-refractivity contribution in [1.82, 2.24) is 0 Å². The molecular weight excluding hydrogens is 240 g/mol. The van der Waals surface area contributed by atoms with E-state index in [-0.39, 0.29) is 6.61 Å². The topological polar surface area (TPSA) is 35.9 Å². The normalized spacial score (nSPS) is 19.2. The van der Waals surface area contributed by atoms with Gasteiger partial charge in [0.05, 0.1) is 31.2 Å². The number of fused-ring (bicyclic) bond motifs is 1. The molecule has 0 saturated heterocycles. The molecule has 1 N–H and O–H groups in total. The van der Waals surface area contributed by atoms with Gasteiger partial charge in [0, 0.05) is 26.2 Å². The van der Waals surface area contributed by atoms with Gasteiger partial charge < -0.3 is 19.6 Å². The van der Waals surface area contributed by atoms with Gasteiger partial charge in [-0.1, -0.05) is 12.1 Å². The summed E-state index contributed by atoms with van der Waals surface area (Å²) in [4.78, 5) is 4.73. The number of para-hydroxylation sites is 2. The highest BCUT2D eigenvalue weighted by Crippen LogP contribution is 2.33. The zero-order valence-electron chi connectivity index (χ0n) is 11.9. The number of rotatable bonds is 5. The zero-order valence-corrected chi connectivity index (χ0v) is 11.9. The number of hydrogen-bond acceptors (Lipinski definition) is 4. The van der Waals surface area contributed by atoms with Crippen molar-refractivity contribution in [1.29, 1.82) is 0 Å². The van der Waals surface area contributed by atoms with Crippen molar-refractivity contribution in [3.8, 4) is 0 Å². The molecule has 2 rings (SSSR count). The van der Waals surface area contributed by atoms with Crippen LogP contribution in [0.25, 0.3) is 0 Å². The molecule has 4 nitrogen and oxygen atoms in total. The van der Waals surface area contributed by atoms with E-state index >= 15 is 0 Å². The molecule has 1 unspecified atom stereocenters. The molecule has 0 radical (unpaired) electrons. The molecule has 19 heavy (non-hydrogen) atoms. The number of aliphatic hydroxyl groups is 1. The number of anilines is 2. The highest BCUT2D eigenvalue weighted by Gasteiger charge is 2.22. The summed E-state index contributed by atoms with van der Waals surface area (Å²) in [6.45, 7) is 5.38. The van der Waals surface area contributed by atoms with Gasteiger partial charge in [0.15, 0.2) is 0 Å². The number of nitrogens with zero attached hydrogens (tertiary/aromatic N) is 2. The van der Waals surface area contributed by atoms with Gasteiger partial charge >= 0.3 is 0 Å². The predicted molar refractivity (Wildman–Crippen MR) is 79.0 cm³/mol. The van der Waals surface area contributed by atoms with Crippen LogP contribution in [-0.2, 0) is 4.74 Å². The van der Waals surface area contributed by atoms with Gasteiger partial charge in [-0.3, -0.25) is 0 Å². The Kier molecular flexibility index (Phi) is 5.05. The van der Waals surface area contributed by atoms with Crippen molar-refractivity contribution < 1.29 is 9.84 Å². The van der Waals surface area contributed by atoms with E-state index in [0.29, 0.717) is 19.3 Å². The molecule has 106 valence electrons. The molecule has 0 aliphatic carbocycles. The molecule has 0 spiro atoms. The summed E-state index contributed by atoms with van der Waals surface area (Å²) in [6.07, 6.45) is 1.14. The first kappa shape index (κ1) is 14.2. The first-order chi connectivity index (χ1) is 9.24. The third-order valence-corrected chi connectivity index (χ3v) is 3.73.